The monoisotopic (exact) mass is 380 g/mol. The SMILES string of the molecule is NC(=O)c1noc(Cc2ccncc2)c1CCc1c[nH]c2ccc(Cl)cc12. The second-order valence-corrected chi connectivity index (χ2v) is 6.77. The van der Waals surface area contributed by atoms with E-state index in [1.807, 2.05) is 36.5 Å². The van der Waals surface area contributed by atoms with Crippen LogP contribution in [0.15, 0.2) is 53.4 Å². The predicted molar refractivity (Wildman–Crippen MR) is 103 cm³/mol. The molecule has 1 amide bonds. The van der Waals surface area contributed by atoms with Gasteiger partial charge in [-0.15, -0.1) is 0 Å². The van der Waals surface area contributed by atoms with Gasteiger partial charge in [0.25, 0.3) is 5.91 Å². The van der Waals surface area contributed by atoms with Crippen molar-refractivity contribution in [2.45, 2.75) is 19.3 Å². The fourth-order valence-electron chi connectivity index (χ4n) is 3.24. The maximum atomic E-state index is 11.8. The van der Waals surface area contributed by atoms with Crippen molar-refractivity contribution >= 4 is 28.4 Å². The van der Waals surface area contributed by atoms with Crippen molar-refractivity contribution in [1.29, 1.82) is 0 Å². The van der Waals surface area contributed by atoms with Crippen molar-refractivity contribution in [3.05, 3.63) is 82.1 Å². The molecule has 0 spiro atoms. The molecular formula is C20H17ClN4O2. The number of carbonyl (C=O) groups excluding carboxylic acids is 1. The van der Waals surface area contributed by atoms with Crippen LogP contribution in [0.2, 0.25) is 5.02 Å². The predicted octanol–water partition coefficient (Wildman–Crippen LogP) is 3.68. The number of halogens is 1. The minimum atomic E-state index is -0.586. The number of benzene rings is 1. The van der Waals surface area contributed by atoms with Crippen molar-refractivity contribution in [3.8, 4) is 0 Å². The molecule has 3 heterocycles. The van der Waals surface area contributed by atoms with Crippen molar-refractivity contribution in [2.75, 3.05) is 0 Å². The molecule has 0 aliphatic carbocycles. The van der Waals surface area contributed by atoms with E-state index in [-0.39, 0.29) is 5.69 Å². The second-order valence-electron chi connectivity index (χ2n) is 6.33. The zero-order valence-corrected chi connectivity index (χ0v) is 15.2. The molecular weight excluding hydrogens is 364 g/mol. The number of nitrogens with zero attached hydrogens (tertiary/aromatic N) is 2. The summed E-state index contributed by atoms with van der Waals surface area (Å²) in [7, 11) is 0. The minimum absolute atomic E-state index is 0.192. The molecule has 3 N–H and O–H groups in total. The Morgan fingerprint density at radius 1 is 1.19 bits per heavy atom. The van der Waals surface area contributed by atoms with Crippen LogP contribution in [-0.4, -0.2) is 21.0 Å². The number of pyridine rings is 1. The van der Waals surface area contributed by atoms with Gasteiger partial charge in [-0.1, -0.05) is 16.8 Å². The topological polar surface area (TPSA) is 97.8 Å². The van der Waals surface area contributed by atoms with Crippen LogP contribution in [0, 0.1) is 0 Å². The molecule has 0 fully saturated rings. The molecule has 3 aromatic heterocycles. The normalized spacial score (nSPS) is 11.1. The van der Waals surface area contributed by atoms with Crippen LogP contribution in [0.3, 0.4) is 0 Å². The van der Waals surface area contributed by atoms with Gasteiger partial charge in [0.2, 0.25) is 0 Å². The molecule has 0 bridgehead atoms. The summed E-state index contributed by atoms with van der Waals surface area (Å²) in [6.45, 7) is 0. The lowest BCUT2D eigenvalue weighted by Crippen LogP contribution is -2.14. The van der Waals surface area contributed by atoms with Crippen LogP contribution in [0.5, 0.6) is 0 Å². The van der Waals surface area contributed by atoms with Gasteiger partial charge in [0.05, 0.1) is 0 Å². The summed E-state index contributed by atoms with van der Waals surface area (Å²) in [5.41, 5.74) is 9.58. The Labute approximate surface area is 160 Å². The lowest BCUT2D eigenvalue weighted by Gasteiger charge is -2.04. The molecule has 136 valence electrons. The number of aromatic amines is 1. The third-order valence-electron chi connectivity index (χ3n) is 4.59. The fraction of sp³-hybridized carbons (Fsp3) is 0.150. The van der Waals surface area contributed by atoms with Gasteiger partial charge in [-0.2, -0.15) is 0 Å². The quantitative estimate of drug-likeness (QED) is 0.533. The number of fused-ring (bicyclic) bond motifs is 1. The summed E-state index contributed by atoms with van der Waals surface area (Å²) in [4.78, 5) is 19.0. The van der Waals surface area contributed by atoms with Gasteiger partial charge in [0.15, 0.2) is 5.69 Å². The van der Waals surface area contributed by atoms with Crippen LogP contribution in [-0.2, 0) is 19.3 Å². The Hall–Kier alpha value is -3.12. The first-order valence-electron chi connectivity index (χ1n) is 8.53. The number of rotatable bonds is 6. The van der Waals surface area contributed by atoms with Gasteiger partial charge in [-0.3, -0.25) is 9.78 Å². The zero-order valence-electron chi connectivity index (χ0n) is 14.4. The number of carbonyl (C=O) groups is 1. The zero-order chi connectivity index (χ0) is 18.8. The van der Waals surface area contributed by atoms with Crippen molar-refractivity contribution in [2.24, 2.45) is 5.73 Å². The van der Waals surface area contributed by atoms with Crippen LogP contribution in [0.25, 0.3) is 10.9 Å². The minimum Gasteiger partial charge on any atom is -0.364 e. The van der Waals surface area contributed by atoms with E-state index in [4.69, 9.17) is 21.9 Å². The molecule has 0 saturated heterocycles. The molecule has 0 radical (unpaired) electrons. The third kappa shape index (κ3) is 3.57. The summed E-state index contributed by atoms with van der Waals surface area (Å²) in [6.07, 6.45) is 7.21. The summed E-state index contributed by atoms with van der Waals surface area (Å²) in [6, 6.07) is 9.53. The summed E-state index contributed by atoms with van der Waals surface area (Å²) < 4.78 is 5.44. The average molecular weight is 381 g/mol. The second kappa shape index (κ2) is 7.25. The standard InChI is InChI=1S/C20H17ClN4O2/c21-14-2-4-17-16(10-14)13(11-24-17)1-3-15-18(27-25-19(15)20(22)26)9-12-5-7-23-8-6-12/h2,4-8,10-11,24H,1,3,9H2,(H2,22,26). The first-order chi connectivity index (χ1) is 13.1. The van der Waals surface area contributed by atoms with Gasteiger partial charge < -0.3 is 15.2 Å². The van der Waals surface area contributed by atoms with E-state index in [0.717, 1.165) is 27.6 Å². The van der Waals surface area contributed by atoms with Gasteiger partial charge in [-0.05, 0) is 54.3 Å². The van der Waals surface area contributed by atoms with Gasteiger partial charge in [0, 0.05) is 46.5 Å². The number of H-pyrrole nitrogens is 1. The molecule has 7 heteroatoms. The molecule has 6 nitrogen and oxygen atoms in total. The van der Waals surface area contributed by atoms with E-state index in [2.05, 4.69) is 15.1 Å². The number of hydrogen-bond acceptors (Lipinski definition) is 4. The van der Waals surface area contributed by atoms with E-state index in [1.54, 1.807) is 12.4 Å². The summed E-state index contributed by atoms with van der Waals surface area (Å²) in [5.74, 6) is 0.0598. The van der Waals surface area contributed by atoms with Crippen molar-refractivity contribution in [3.63, 3.8) is 0 Å². The maximum Gasteiger partial charge on any atom is 0.271 e. The highest BCUT2D eigenvalue weighted by atomic mass is 35.5. The van der Waals surface area contributed by atoms with E-state index < -0.39 is 5.91 Å². The van der Waals surface area contributed by atoms with Crippen LogP contribution in [0.1, 0.15) is 32.9 Å². The highest BCUT2D eigenvalue weighted by Gasteiger charge is 2.20. The van der Waals surface area contributed by atoms with Gasteiger partial charge in [0.1, 0.15) is 5.76 Å². The molecule has 0 unspecified atom stereocenters. The number of nitrogens with two attached hydrogens (primary N) is 1. The van der Waals surface area contributed by atoms with E-state index >= 15 is 0 Å². The highest BCUT2D eigenvalue weighted by Crippen LogP contribution is 2.25. The largest absolute Gasteiger partial charge is 0.364 e. The Morgan fingerprint density at radius 2 is 2.00 bits per heavy atom. The van der Waals surface area contributed by atoms with E-state index in [0.29, 0.717) is 30.0 Å². The molecule has 0 aliphatic rings. The Kier molecular flexibility index (Phi) is 4.64. The van der Waals surface area contributed by atoms with Crippen LogP contribution >= 0.6 is 11.6 Å². The first-order valence-corrected chi connectivity index (χ1v) is 8.91. The van der Waals surface area contributed by atoms with Gasteiger partial charge >= 0.3 is 0 Å². The molecule has 4 rings (SSSR count). The smallest absolute Gasteiger partial charge is 0.271 e. The van der Waals surface area contributed by atoms with Crippen molar-refractivity contribution in [1.82, 2.24) is 15.1 Å². The highest BCUT2D eigenvalue weighted by molar-refractivity contribution is 6.31. The van der Waals surface area contributed by atoms with E-state index in [9.17, 15) is 4.79 Å². The van der Waals surface area contributed by atoms with Crippen LogP contribution in [0.4, 0.5) is 0 Å². The lowest BCUT2D eigenvalue weighted by molar-refractivity contribution is 0.0991. The average Bonchev–Trinajstić information content (AvgIpc) is 3.24. The van der Waals surface area contributed by atoms with Crippen molar-refractivity contribution < 1.29 is 9.32 Å². The van der Waals surface area contributed by atoms with E-state index in [1.165, 1.54) is 0 Å². The Balaban J connectivity index is 1.63. The maximum absolute atomic E-state index is 11.8. The number of aromatic nitrogens is 3. The first kappa shape index (κ1) is 17.3. The molecule has 0 aliphatic heterocycles. The third-order valence-corrected chi connectivity index (χ3v) is 4.83. The number of amides is 1. The number of nitrogens with one attached hydrogen (secondary N) is 1. The fourth-order valence-corrected chi connectivity index (χ4v) is 3.41. The molecule has 0 atom stereocenters. The number of hydrogen-bond donors (Lipinski definition) is 2. The molecule has 0 saturated carbocycles. The number of aryl methyl sites for hydroxylation is 1. The lowest BCUT2D eigenvalue weighted by atomic mass is 9.99. The Morgan fingerprint density at radius 3 is 2.78 bits per heavy atom. The molecule has 1 aromatic carbocycles. The Bertz CT molecular complexity index is 1100. The summed E-state index contributed by atoms with van der Waals surface area (Å²) in [5, 5.41) is 5.64. The van der Waals surface area contributed by atoms with Gasteiger partial charge in [-0.25, -0.2) is 0 Å². The van der Waals surface area contributed by atoms with Crippen LogP contribution < -0.4 is 5.73 Å². The molecule has 27 heavy (non-hydrogen) atoms. The summed E-state index contributed by atoms with van der Waals surface area (Å²) >= 11 is 6.12. The molecule has 4 aromatic rings. The number of primary amides is 1.